The Morgan fingerprint density at radius 2 is 1.96 bits per heavy atom. The molecular weight excluding hydrogens is 320 g/mol. The van der Waals surface area contributed by atoms with E-state index in [1.165, 1.54) is 41.5 Å². The van der Waals surface area contributed by atoms with Crippen molar-refractivity contribution < 1.29 is 4.79 Å². The smallest absolute Gasteiger partial charge is 0.315 e. The van der Waals surface area contributed by atoms with Crippen LogP contribution >= 0.6 is 11.6 Å². The molecule has 0 heterocycles. The third kappa shape index (κ3) is 3.10. The first kappa shape index (κ1) is 15.8. The van der Waals surface area contributed by atoms with E-state index in [0.717, 1.165) is 30.7 Å². The van der Waals surface area contributed by atoms with Gasteiger partial charge in [0.25, 0.3) is 0 Å². The van der Waals surface area contributed by atoms with Crippen molar-refractivity contribution in [2.24, 2.45) is 0 Å². The lowest BCUT2D eigenvalue weighted by molar-refractivity contribution is 0.230. The van der Waals surface area contributed by atoms with Crippen LogP contribution in [0.1, 0.15) is 48.8 Å². The number of carbonyl (C=O) groups excluding carboxylic acids is 1. The quantitative estimate of drug-likeness (QED) is 0.822. The fraction of sp³-hybridized carbons (Fsp3) is 0.450. The summed E-state index contributed by atoms with van der Waals surface area (Å²) in [7, 11) is 0. The Hall–Kier alpha value is -1.74. The van der Waals surface area contributed by atoms with Crippen molar-refractivity contribution in [1.29, 1.82) is 0 Å². The van der Waals surface area contributed by atoms with E-state index in [2.05, 4.69) is 34.9 Å². The summed E-state index contributed by atoms with van der Waals surface area (Å²) in [4.78, 5) is 12.3. The van der Waals surface area contributed by atoms with Crippen molar-refractivity contribution in [3.8, 4) is 0 Å². The SMILES string of the molecule is O=C(NC1C=C2C=CCc3ccc(Cl)c(c32)C1)NC1CCCCC1. The predicted octanol–water partition coefficient (Wildman–Crippen LogP) is 4.39. The van der Waals surface area contributed by atoms with Crippen molar-refractivity contribution >= 4 is 23.2 Å². The zero-order valence-electron chi connectivity index (χ0n) is 13.8. The lowest BCUT2D eigenvalue weighted by atomic mass is 9.81. The molecule has 1 fully saturated rings. The molecule has 0 aromatic heterocycles. The van der Waals surface area contributed by atoms with Crippen LogP contribution in [0.2, 0.25) is 5.02 Å². The second-order valence-corrected chi connectivity index (χ2v) is 7.46. The van der Waals surface area contributed by atoms with Gasteiger partial charge in [-0.15, -0.1) is 0 Å². The Bertz CT molecular complexity index is 717. The van der Waals surface area contributed by atoms with Gasteiger partial charge in [-0.3, -0.25) is 0 Å². The van der Waals surface area contributed by atoms with E-state index < -0.39 is 0 Å². The zero-order chi connectivity index (χ0) is 16.5. The molecule has 3 aliphatic carbocycles. The van der Waals surface area contributed by atoms with Crippen LogP contribution in [-0.4, -0.2) is 18.1 Å². The van der Waals surface area contributed by atoms with Crippen molar-refractivity contribution in [1.82, 2.24) is 10.6 Å². The van der Waals surface area contributed by atoms with E-state index in [1.54, 1.807) is 0 Å². The van der Waals surface area contributed by atoms with Gasteiger partial charge in [-0.1, -0.05) is 55.2 Å². The van der Waals surface area contributed by atoms with Crippen molar-refractivity contribution in [2.75, 3.05) is 0 Å². The summed E-state index contributed by atoms with van der Waals surface area (Å²) < 4.78 is 0. The third-order valence-corrected chi connectivity index (χ3v) is 5.68. The number of carbonyl (C=O) groups is 1. The van der Waals surface area contributed by atoms with Gasteiger partial charge in [-0.2, -0.15) is 0 Å². The molecule has 0 saturated heterocycles. The first-order chi connectivity index (χ1) is 11.7. The van der Waals surface area contributed by atoms with E-state index >= 15 is 0 Å². The van der Waals surface area contributed by atoms with Gasteiger partial charge in [-0.05, 0) is 54.0 Å². The topological polar surface area (TPSA) is 41.1 Å². The first-order valence-corrected chi connectivity index (χ1v) is 9.34. The second-order valence-electron chi connectivity index (χ2n) is 7.05. The molecular formula is C20H23ClN2O. The lowest BCUT2D eigenvalue weighted by Gasteiger charge is -2.29. The molecule has 1 atom stereocenters. The molecule has 2 N–H and O–H groups in total. The van der Waals surface area contributed by atoms with Gasteiger partial charge in [0.2, 0.25) is 0 Å². The highest BCUT2D eigenvalue weighted by molar-refractivity contribution is 6.31. The molecule has 0 aliphatic heterocycles. The monoisotopic (exact) mass is 342 g/mol. The van der Waals surface area contributed by atoms with Crippen LogP contribution in [0.15, 0.2) is 30.4 Å². The molecule has 1 unspecified atom stereocenters. The van der Waals surface area contributed by atoms with Crippen LogP contribution in [0.5, 0.6) is 0 Å². The molecule has 1 aromatic carbocycles. The number of hydrogen-bond donors (Lipinski definition) is 2. The molecule has 4 heteroatoms. The highest BCUT2D eigenvalue weighted by Gasteiger charge is 2.26. The van der Waals surface area contributed by atoms with Crippen LogP contribution in [-0.2, 0) is 12.8 Å². The zero-order valence-corrected chi connectivity index (χ0v) is 14.5. The highest BCUT2D eigenvalue weighted by atomic mass is 35.5. The van der Waals surface area contributed by atoms with Gasteiger partial charge in [0.05, 0.1) is 6.04 Å². The number of nitrogens with one attached hydrogen (secondary N) is 2. The van der Waals surface area contributed by atoms with E-state index in [4.69, 9.17) is 11.6 Å². The van der Waals surface area contributed by atoms with Gasteiger partial charge < -0.3 is 10.6 Å². The van der Waals surface area contributed by atoms with Crippen LogP contribution in [0, 0.1) is 0 Å². The summed E-state index contributed by atoms with van der Waals surface area (Å²) in [5.74, 6) is 0. The molecule has 3 nitrogen and oxygen atoms in total. The fourth-order valence-electron chi connectivity index (χ4n) is 4.17. The van der Waals surface area contributed by atoms with Gasteiger partial charge >= 0.3 is 6.03 Å². The average Bonchev–Trinajstić information content (AvgIpc) is 2.59. The van der Waals surface area contributed by atoms with Crippen molar-refractivity contribution in [3.63, 3.8) is 0 Å². The number of hydrogen-bond acceptors (Lipinski definition) is 1. The molecule has 24 heavy (non-hydrogen) atoms. The molecule has 126 valence electrons. The first-order valence-electron chi connectivity index (χ1n) is 8.97. The minimum atomic E-state index is -0.0562. The molecule has 1 saturated carbocycles. The van der Waals surface area contributed by atoms with Gasteiger partial charge in [-0.25, -0.2) is 4.79 Å². The maximum atomic E-state index is 12.3. The van der Waals surface area contributed by atoms with E-state index in [1.807, 2.05) is 6.07 Å². The maximum absolute atomic E-state index is 12.3. The normalized spacial score (nSPS) is 22.5. The molecule has 1 aromatic rings. The van der Waals surface area contributed by atoms with E-state index in [-0.39, 0.29) is 12.1 Å². The Balaban J connectivity index is 1.49. The number of urea groups is 1. The fourth-order valence-corrected chi connectivity index (χ4v) is 4.40. The summed E-state index contributed by atoms with van der Waals surface area (Å²) in [6.07, 6.45) is 14.1. The van der Waals surface area contributed by atoms with Gasteiger partial charge in [0.1, 0.15) is 0 Å². The Labute approximate surface area is 148 Å². The summed E-state index contributed by atoms with van der Waals surface area (Å²) in [6, 6.07) is 4.36. The van der Waals surface area contributed by atoms with Crippen LogP contribution in [0.25, 0.3) is 5.57 Å². The van der Waals surface area contributed by atoms with E-state index in [0.29, 0.717) is 6.04 Å². The van der Waals surface area contributed by atoms with Gasteiger partial charge in [0.15, 0.2) is 0 Å². The largest absolute Gasteiger partial charge is 0.335 e. The van der Waals surface area contributed by atoms with Crippen LogP contribution < -0.4 is 10.6 Å². The third-order valence-electron chi connectivity index (χ3n) is 5.33. The van der Waals surface area contributed by atoms with Crippen LogP contribution in [0.3, 0.4) is 0 Å². The average molecular weight is 343 g/mol. The summed E-state index contributed by atoms with van der Waals surface area (Å²) in [6.45, 7) is 0. The lowest BCUT2D eigenvalue weighted by Crippen LogP contribution is -2.47. The number of benzene rings is 1. The molecule has 0 radical (unpaired) electrons. The number of halogens is 1. The highest BCUT2D eigenvalue weighted by Crippen LogP contribution is 2.37. The van der Waals surface area contributed by atoms with E-state index in [9.17, 15) is 4.79 Å². The molecule has 0 bridgehead atoms. The molecule has 2 amide bonds. The standard InChI is InChI=1S/C20H23ClN2O/c21-18-10-9-13-5-4-6-14-11-16(12-17(18)19(13)14)23-20(24)22-15-7-2-1-3-8-15/h4,6,9-11,15-16H,1-3,5,7-8,12H2,(H2,22,23,24). The molecule has 3 aliphatic rings. The number of rotatable bonds is 2. The van der Waals surface area contributed by atoms with Crippen molar-refractivity contribution in [2.45, 2.75) is 57.0 Å². The Morgan fingerprint density at radius 1 is 1.12 bits per heavy atom. The maximum Gasteiger partial charge on any atom is 0.315 e. The second kappa shape index (κ2) is 6.64. The summed E-state index contributed by atoms with van der Waals surface area (Å²) in [5.41, 5.74) is 4.95. The van der Waals surface area contributed by atoms with Crippen LogP contribution in [0.4, 0.5) is 4.79 Å². The Kier molecular flexibility index (Phi) is 4.36. The number of amides is 2. The number of allylic oxidation sites excluding steroid dienone is 3. The minimum absolute atomic E-state index is 0.00779. The predicted molar refractivity (Wildman–Crippen MR) is 98.3 cm³/mol. The van der Waals surface area contributed by atoms with Crippen molar-refractivity contribution in [3.05, 3.63) is 52.1 Å². The molecule has 0 spiro atoms. The van der Waals surface area contributed by atoms with Gasteiger partial charge in [0, 0.05) is 11.1 Å². The Morgan fingerprint density at radius 3 is 2.79 bits per heavy atom. The minimum Gasteiger partial charge on any atom is -0.335 e. The molecule has 4 rings (SSSR count). The summed E-state index contributed by atoms with van der Waals surface area (Å²) in [5, 5.41) is 7.06. The summed E-state index contributed by atoms with van der Waals surface area (Å²) >= 11 is 6.44.